The fraction of sp³-hybridized carbons (Fsp3) is 0.476. The minimum Gasteiger partial charge on any atom is -0.317 e. The normalized spacial score (nSPS) is 12.1. The second-order valence-electron chi connectivity index (χ2n) is 7.54. The van der Waals surface area contributed by atoms with E-state index in [4.69, 9.17) is 0 Å². The Balaban J connectivity index is 2.36. The predicted octanol–water partition coefficient (Wildman–Crippen LogP) is 3.91. The Kier molecular flexibility index (Phi) is 7.39. The maximum Gasteiger partial charge on any atom is 0.228 e. The van der Waals surface area contributed by atoms with Gasteiger partial charge in [0.25, 0.3) is 0 Å². The van der Waals surface area contributed by atoms with Crippen LogP contribution in [0.1, 0.15) is 39.0 Å². The molecule has 0 unspecified atom stereocenters. The van der Waals surface area contributed by atoms with Crippen molar-refractivity contribution in [3.05, 3.63) is 59.9 Å². The molecule has 6 heteroatoms. The minimum absolute atomic E-state index is 0.0361. The number of imidazole rings is 1. The summed E-state index contributed by atoms with van der Waals surface area (Å²) in [4.78, 5) is 6.57. The predicted molar refractivity (Wildman–Crippen MR) is 110 cm³/mol. The zero-order chi connectivity index (χ0) is 20.0. The molecule has 0 saturated carbocycles. The highest BCUT2D eigenvalue weighted by Crippen LogP contribution is 2.20. The van der Waals surface area contributed by atoms with Gasteiger partial charge in [-0.2, -0.15) is 0 Å². The first-order valence-electron chi connectivity index (χ1n) is 9.40. The summed E-state index contributed by atoms with van der Waals surface area (Å²) in [7, 11) is -3.52. The molecular weight excluding hydrogens is 358 g/mol. The molecule has 0 aliphatic heterocycles. The molecule has 27 heavy (non-hydrogen) atoms. The Morgan fingerprint density at radius 2 is 1.93 bits per heavy atom. The van der Waals surface area contributed by atoms with Crippen molar-refractivity contribution < 1.29 is 8.42 Å². The summed E-state index contributed by atoms with van der Waals surface area (Å²) < 4.78 is 28.0. The van der Waals surface area contributed by atoms with E-state index in [9.17, 15) is 8.42 Å². The van der Waals surface area contributed by atoms with Crippen molar-refractivity contribution in [2.24, 2.45) is 5.92 Å². The topological polar surface area (TPSA) is 55.2 Å². The lowest BCUT2D eigenvalue weighted by molar-refractivity contribution is 0.291. The molecule has 0 saturated heterocycles. The molecule has 0 atom stereocenters. The molecule has 0 fully saturated rings. The Bertz CT molecular complexity index is 855. The maximum absolute atomic E-state index is 13.0. The van der Waals surface area contributed by atoms with Crippen LogP contribution in [0.3, 0.4) is 0 Å². The summed E-state index contributed by atoms with van der Waals surface area (Å²) >= 11 is 0. The molecule has 1 aromatic heterocycles. The molecule has 0 aliphatic rings. The van der Waals surface area contributed by atoms with Crippen molar-refractivity contribution in [2.45, 2.75) is 51.7 Å². The van der Waals surface area contributed by atoms with Crippen molar-refractivity contribution >= 4 is 9.84 Å². The van der Waals surface area contributed by atoms with Gasteiger partial charge in [-0.15, -0.1) is 0 Å². The molecule has 0 radical (unpaired) electrons. The highest BCUT2D eigenvalue weighted by Gasteiger charge is 2.25. The van der Waals surface area contributed by atoms with Crippen molar-refractivity contribution in [2.75, 3.05) is 13.1 Å². The minimum atomic E-state index is -3.52. The van der Waals surface area contributed by atoms with Crippen LogP contribution in [0.15, 0.2) is 53.8 Å². The number of hydrogen-bond acceptors (Lipinski definition) is 4. The van der Waals surface area contributed by atoms with Crippen LogP contribution in [0.4, 0.5) is 0 Å². The molecule has 1 aromatic carbocycles. The number of likely N-dealkylation sites (N-methyl/N-ethyl adjacent to an activating group) is 1. The van der Waals surface area contributed by atoms with E-state index in [1.54, 1.807) is 6.20 Å². The van der Waals surface area contributed by atoms with Crippen LogP contribution in [0.5, 0.6) is 0 Å². The van der Waals surface area contributed by atoms with E-state index < -0.39 is 9.84 Å². The van der Waals surface area contributed by atoms with Gasteiger partial charge in [0.1, 0.15) is 0 Å². The van der Waals surface area contributed by atoms with Crippen LogP contribution in [-0.2, 0) is 28.7 Å². The van der Waals surface area contributed by atoms with E-state index in [2.05, 4.69) is 37.2 Å². The van der Waals surface area contributed by atoms with Gasteiger partial charge < -0.3 is 4.57 Å². The van der Waals surface area contributed by atoms with Crippen LogP contribution in [0.2, 0.25) is 0 Å². The number of hydrogen-bond donors (Lipinski definition) is 0. The van der Waals surface area contributed by atoms with E-state index in [1.165, 1.54) is 0 Å². The van der Waals surface area contributed by atoms with Crippen LogP contribution in [-0.4, -0.2) is 36.0 Å². The van der Waals surface area contributed by atoms with E-state index in [0.29, 0.717) is 19.0 Å². The van der Waals surface area contributed by atoms with E-state index in [0.717, 1.165) is 29.9 Å². The molecular formula is C21H31N3O2S. The van der Waals surface area contributed by atoms with Crippen LogP contribution >= 0.6 is 0 Å². The van der Waals surface area contributed by atoms with Crippen molar-refractivity contribution in [1.82, 2.24) is 14.5 Å². The lowest BCUT2D eigenvalue weighted by Gasteiger charge is -2.22. The summed E-state index contributed by atoms with van der Waals surface area (Å²) in [5, 5.41) is 0.168. The molecule has 0 bridgehead atoms. The van der Waals surface area contributed by atoms with Gasteiger partial charge in [0.05, 0.1) is 17.6 Å². The number of rotatable bonds is 10. The third-order valence-electron chi connectivity index (χ3n) is 4.25. The number of nitrogens with zero attached hydrogens (tertiary/aromatic N) is 3. The molecule has 2 aromatic rings. The third kappa shape index (κ3) is 6.04. The number of aromatic nitrogens is 2. The fourth-order valence-electron chi connectivity index (χ4n) is 3.08. The largest absolute Gasteiger partial charge is 0.317 e. The molecule has 2 rings (SSSR count). The van der Waals surface area contributed by atoms with Gasteiger partial charge in [-0.1, -0.05) is 63.3 Å². The molecule has 0 spiro atoms. The Hall–Kier alpha value is -1.92. The average Bonchev–Trinajstić information content (AvgIpc) is 2.97. The fourth-order valence-corrected chi connectivity index (χ4v) is 4.58. The van der Waals surface area contributed by atoms with Crippen LogP contribution < -0.4 is 0 Å². The highest BCUT2D eigenvalue weighted by molar-refractivity contribution is 7.90. The van der Waals surface area contributed by atoms with E-state index in [1.807, 2.05) is 41.8 Å². The molecule has 5 nitrogen and oxygen atoms in total. The van der Waals surface area contributed by atoms with Crippen LogP contribution in [0.25, 0.3) is 0 Å². The first-order chi connectivity index (χ1) is 12.7. The van der Waals surface area contributed by atoms with E-state index >= 15 is 0 Å². The first kappa shape index (κ1) is 21.4. The van der Waals surface area contributed by atoms with Crippen molar-refractivity contribution in [3.8, 4) is 0 Å². The van der Waals surface area contributed by atoms with Gasteiger partial charge in [0.2, 0.25) is 15.0 Å². The summed E-state index contributed by atoms with van der Waals surface area (Å²) in [6, 6.07) is 9.26. The van der Waals surface area contributed by atoms with Crippen molar-refractivity contribution in [3.63, 3.8) is 0 Å². The van der Waals surface area contributed by atoms with Crippen LogP contribution in [0, 0.1) is 5.92 Å². The number of benzene rings is 1. The monoisotopic (exact) mass is 389 g/mol. The lowest BCUT2D eigenvalue weighted by atomic mass is 10.2. The Morgan fingerprint density at radius 3 is 2.48 bits per heavy atom. The SMILES string of the molecule is C=C(C)CN(CC)Cc1cnc(S(=O)(=O)Cc2ccccc2)n1CC(C)C. The van der Waals surface area contributed by atoms with Gasteiger partial charge in [-0.25, -0.2) is 13.4 Å². The van der Waals surface area contributed by atoms with Gasteiger partial charge >= 0.3 is 0 Å². The summed E-state index contributed by atoms with van der Waals surface area (Å²) in [5.74, 6) is 0.283. The van der Waals surface area contributed by atoms with Gasteiger partial charge in [0, 0.05) is 19.6 Å². The summed E-state index contributed by atoms with van der Waals surface area (Å²) in [5.41, 5.74) is 2.79. The second-order valence-corrected chi connectivity index (χ2v) is 9.42. The Labute approximate surface area is 163 Å². The molecule has 0 amide bonds. The summed E-state index contributed by atoms with van der Waals surface area (Å²) in [6.45, 7) is 15.2. The molecule has 148 valence electrons. The smallest absolute Gasteiger partial charge is 0.228 e. The number of sulfone groups is 1. The standard InChI is InChI=1S/C21H31N3O2S/c1-6-23(13-17(2)3)15-20-12-22-21(24(20)14-18(4)5)27(25,26)16-19-10-8-7-9-11-19/h7-12,18H,2,6,13-16H2,1,3-5H3. The Morgan fingerprint density at radius 1 is 1.26 bits per heavy atom. The van der Waals surface area contributed by atoms with Gasteiger partial charge in [-0.3, -0.25) is 4.90 Å². The van der Waals surface area contributed by atoms with Crippen molar-refractivity contribution in [1.29, 1.82) is 0 Å². The zero-order valence-corrected chi connectivity index (χ0v) is 17.7. The van der Waals surface area contributed by atoms with E-state index in [-0.39, 0.29) is 10.9 Å². The first-order valence-corrected chi connectivity index (χ1v) is 11.1. The molecule has 0 N–H and O–H groups in total. The van der Waals surface area contributed by atoms with Gasteiger partial charge in [0.15, 0.2) is 0 Å². The summed E-state index contributed by atoms with van der Waals surface area (Å²) in [6.07, 6.45) is 1.71. The average molecular weight is 390 g/mol. The third-order valence-corrected chi connectivity index (χ3v) is 5.85. The molecule has 0 aliphatic carbocycles. The molecule has 1 heterocycles. The highest BCUT2D eigenvalue weighted by atomic mass is 32.2. The second kappa shape index (κ2) is 9.33. The zero-order valence-electron chi connectivity index (χ0n) is 16.9. The quantitative estimate of drug-likeness (QED) is 0.578. The van der Waals surface area contributed by atoms with Gasteiger partial charge in [-0.05, 0) is 24.9 Å². The lowest BCUT2D eigenvalue weighted by Crippen LogP contribution is -2.27. The maximum atomic E-state index is 13.0.